The zero-order valence-corrected chi connectivity index (χ0v) is 31.9. The van der Waals surface area contributed by atoms with Crippen molar-refractivity contribution in [1.82, 2.24) is 5.32 Å². The van der Waals surface area contributed by atoms with Crippen LogP contribution in [0.3, 0.4) is 0 Å². The van der Waals surface area contributed by atoms with Crippen LogP contribution < -0.4 is 5.32 Å². The lowest BCUT2D eigenvalue weighted by Gasteiger charge is -2.62. The van der Waals surface area contributed by atoms with Gasteiger partial charge in [0.1, 0.15) is 0 Å². The highest BCUT2D eigenvalue weighted by atomic mass is 15.0. The Labute approximate surface area is 277 Å². The van der Waals surface area contributed by atoms with Gasteiger partial charge in [-0.1, -0.05) is 125 Å². The molecule has 0 aromatic rings. The van der Waals surface area contributed by atoms with Crippen LogP contribution in [0.5, 0.6) is 0 Å². The van der Waals surface area contributed by atoms with Crippen molar-refractivity contribution in [2.45, 2.75) is 190 Å². The zero-order chi connectivity index (χ0) is 32.3. The van der Waals surface area contributed by atoms with Crippen LogP contribution in [0, 0.1) is 63.6 Å². The summed E-state index contributed by atoms with van der Waals surface area (Å²) in [5.41, 5.74) is 3.15. The standard InChI is InChI=1S/C43H79N/c1-12-13-17-33-22-24-37(33)31(2)36-28-32(29-36)20-21-34-23-25-38(34)39(35-18-16-19-35)42(9,30-41(6,7)8)43(10,44-11)27-15-14-26-40(3,4)5/h28,31-35,37-39,44H,12-27,29-30H2,1-11H3. The molecule has 9 unspecified atom stereocenters. The maximum atomic E-state index is 4.05. The van der Waals surface area contributed by atoms with Crippen molar-refractivity contribution in [2.24, 2.45) is 63.6 Å². The fourth-order valence-electron chi connectivity index (χ4n) is 11.1. The first-order chi connectivity index (χ1) is 20.6. The molecule has 4 aliphatic carbocycles. The fraction of sp³-hybridized carbons (Fsp3) is 0.953. The third-order valence-corrected chi connectivity index (χ3v) is 14.4. The van der Waals surface area contributed by atoms with Crippen LogP contribution in [0.4, 0.5) is 0 Å². The molecule has 1 heteroatoms. The SMILES string of the molecule is CCCCC1CCC1C(C)C1=CC(CCC2CCC2C(C2CCC2)C(C)(CC(C)(C)C)C(C)(CCCCC(C)(C)C)NC)C1. The molecule has 4 rings (SSSR count). The van der Waals surface area contributed by atoms with Crippen LogP contribution in [-0.4, -0.2) is 12.6 Å². The lowest BCUT2D eigenvalue weighted by atomic mass is 9.45. The van der Waals surface area contributed by atoms with Gasteiger partial charge in [-0.2, -0.15) is 0 Å². The van der Waals surface area contributed by atoms with Crippen molar-refractivity contribution in [1.29, 1.82) is 0 Å². The van der Waals surface area contributed by atoms with Crippen molar-refractivity contribution in [2.75, 3.05) is 7.05 Å². The maximum absolute atomic E-state index is 4.05. The highest BCUT2D eigenvalue weighted by Crippen LogP contribution is 2.62. The smallest absolute Gasteiger partial charge is 0.0206 e. The van der Waals surface area contributed by atoms with E-state index in [1.807, 2.05) is 5.57 Å². The van der Waals surface area contributed by atoms with Crippen LogP contribution in [0.2, 0.25) is 0 Å². The second kappa shape index (κ2) is 14.9. The summed E-state index contributed by atoms with van der Waals surface area (Å²) >= 11 is 0. The van der Waals surface area contributed by atoms with Crippen LogP contribution in [0.15, 0.2) is 11.6 Å². The molecule has 0 radical (unpaired) electrons. The van der Waals surface area contributed by atoms with Gasteiger partial charge in [-0.05, 0) is 142 Å². The Kier molecular flexibility index (Phi) is 12.3. The van der Waals surface area contributed by atoms with E-state index in [2.05, 4.69) is 87.7 Å². The first kappa shape index (κ1) is 36.5. The molecule has 3 fully saturated rings. The van der Waals surface area contributed by atoms with Gasteiger partial charge in [-0.15, -0.1) is 0 Å². The van der Waals surface area contributed by atoms with Gasteiger partial charge < -0.3 is 5.32 Å². The van der Waals surface area contributed by atoms with Crippen LogP contribution >= 0.6 is 0 Å². The molecule has 0 spiro atoms. The number of nitrogens with one attached hydrogen (secondary N) is 1. The first-order valence-electron chi connectivity index (χ1n) is 20.0. The first-order valence-corrected chi connectivity index (χ1v) is 20.0. The summed E-state index contributed by atoms with van der Waals surface area (Å²) in [6, 6.07) is 0. The predicted molar refractivity (Wildman–Crippen MR) is 195 cm³/mol. The minimum atomic E-state index is 0.191. The Balaban J connectivity index is 1.42. The summed E-state index contributed by atoms with van der Waals surface area (Å²) in [4.78, 5) is 0. The van der Waals surface area contributed by atoms with Crippen molar-refractivity contribution < 1.29 is 0 Å². The molecular weight excluding hydrogens is 530 g/mol. The molecule has 0 amide bonds. The predicted octanol–water partition coefficient (Wildman–Crippen LogP) is 13.0. The Morgan fingerprint density at radius 2 is 1.36 bits per heavy atom. The molecule has 0 saturated heterocycles. The number of hydrogen-bond donors (Lipinski definition) is 1. The zero-order valence-electron chi connectivity index (χ0n) is 31.9. The fourth-order valence-corrected chi connectivity index (χ4v) is 11.1. The number of allylic oxidation sites excluding steroid dienone is 2. The van der Waals surface area contributed by atoms with E-state index in [9.17, 15) is 0 Å². The average molecular weight is 610 g/mol. The molecule has 0 aromatic heterocycles. The Bertz CT molecular complexity index is 912. The van der Waals surface area contributed by atoms with Gasteiger partial charge in [0.2, 0.25) is 0 Å². The van der Waals surface area contributed by atoms with Crippen LogP contribution in [-0.2, 0) is 0 Å². The van der Waals surface area contributed by atoms with Gasteiger partial charge in [0, 0.05) is 5.54 Å². The Morgan fingerprint density at radius 1 is 0.750 bits per heavy atom. The molecule has 4 aliphatic rings. The summed E-state index contributed by atoms with van der Waals surface area (Å²) < 4.78 is 0. The quantitative estimate of drug-likeness (QED) is 0.120. The molecule has 0 aliphatic heterocycles. The summed E-state index contributed by atoms with van der Waals surface area (Å²) in [5, 5.41) is 4.05. The lowest BCUT2D eigenvalue weighted by molar-refractivity contribution is -0.107. The van der Waals surface area contributed by atoms with Crippen LogP contribution in [0.25, 0.3) is 0 Å². The van der Waals surface area contributed by atoms with E-state index in [0.29, 0.717) is 16.2 Å². The summed E-state index contributed by atoms with van der Waals surface area (Å²) in [5.74, 6) is 7.54. The molecule has 3 saturated carbocycles. The normalized spacial score (nSPS) is 31.8. The lowest BCUT2D eigenvalue weighted by Crippen LogP contribution is -2.62. The minimum absolute atomic E-state index is 0.191. The topological polar surface area (TPSA) is 12.0 Å². The van der Waals surface area contributed by atoms with Crippen LogP contribution in [0.1, 0.15) is 185 Å². The molecule has 1 nitrogen and oxygen atoms in total. The molecule has 0 aromatic carbocycles. The van der Waals surface area contributed by atoms with Crippen molar-refractivity contribution in [3.63, 3.8) is 0 Å². The molecule has 1 N–H and O–H groups in total. The second-order valence-electron chi connectivity index (χ2n) is 19.9. The summed E-state index contributed by atoms with van der Waals surface area (Å²) in [7, 11) is 2.30. The van der Waals surface area contributed by atoms with E-state index < -0.39 is 0 Å². The number of unbranched alkanes of at least 4 members (excludes halogenated alkanes) is 2. The highest BCUT2D eigenvalue weighted by molar-refractivity contribution is 5.21. The largest absolute Gasteiger partial charge is 0.314 e. The highest BCUT2D eigenvalue weighted by Gasteiger charge is 2.57. The molecule has 256 valence electrons. The van der Waals surface area contributed by atoms with Gasteiger partial charge in [-0.3, -0.25) is 0 Å². The van der Waals surface area contributed by atoms with Gasteiger partial charge in [0.15, 0.2) is 0 Å². The van der Waals surface area contributed by atoms with Gasteiger partial charge in [0.25, 0.3) is 0 Å². The molecule has 44 heavy (non-hydrogen) atoms. The third-order valence-electron chi connectivity index (χ3n) is 14.4. The van der Waals surface area contributed by atoms with Gasteiger partial charge in [-0.25, -0.2) is 0 Å². The van der Waals surface area contributed by atoms with E-state index >= 15 is 0 Å². The Hall–Kier alpha value is -0.300. The Morgan fingerprint density at radius 3 is 1.84 bits per heavy atom. The van der Waals surface area contributed by atoms with E-state index in [4.69, 9.17) is 0 Å². The monoisotopic (exact) mass is 610 g/mol. The molecule has 9 atom stereocenters. The van der Waals surface area contributed by atoms with Crippen molar-refractivity contribution in [3.05, 3.63) is 11.6 Å². The van der Waals surface area contributed by atoms with Crippen molar-refractivity contribution in [3.8, 4) is 0 Å². The van der Waals surface area contributed by atoms with Gasteiger partial charge in [0.05, 0.1) is 0 Å². The van der Waals surface area contributed by atoms with E-state index in [1.54, 1.807) is 0 Å². The summed E-state index contributed by atoms with van der Waals surface area (Å²) in [6.07, 6.45) is 28.6. The summed E-state index contributed by atoms with van der Waals surface area (Å²) in [6.45, 7) is 25.2. The molecule has 0 heterocycles. The number of rotatable bonds is 18. The molecule has 0 bridgehead atoms. The van der Waals surface area contributed by atoms with E-state index in [1.165, 1.54) is 116 Å². The molecular formula is C43H79N. The average Bonchev–Trinajstić information content (AvgIpc) is 2.83. The maximum Gasteiger partial charge on any atom is 0.0206 e. The van der Waals surface area contributed by atoms with E-state index in [-0.39, 0.29) is 5.54 Å². The number of hydrogen-bond acceptors (Lipinski definition) is 1. The van der Waals surface area contributed by atoms with Crippen molar-refractivity contribution >= 4 is 0 Å². The van der Waals surface area contributed by atoms with E-state index in [0.717, 1.165) is 47.3 Å². The third kappa shape index (κ3) is 8.58. The second-order valence-corrected chi connectivity index (χ2v) is 19.9. The van der Waals surface area contributed by atoms with Gasteiger partial charge >= 0.3 is 0 Å². The minimum Gasteiger partial charge on any atom is -0.314 e.